The summed E-state index contributed by atoms with van der Waals surface area (Å²) in [6.45, 7) is 0. The maximum Gasteiger partial charge on any atom is 0.326 e. The van der Waals surface area contributed by atoms with Crippen LogP contribution in [0.2, 0.25) is 0 Å². The van der Waals surface area contributed by atoms with Gasteiger partial charge in [0.15, 0.2) is 0 Å². The van der Waals surface area contributed by atoms with Crippen molar-refractivity contribution in [3.63, 3.8) is 0 Å². The summed E-state index contributed by atoms with van der Waals surface area (Å²) in [4.78, 5) is 15.8. The number of H-pyrrole nitrogens is 2. The number of aliphatic hydroxyl groups excluding tert-OH is 1. The lowest BCUT2D eigenvalue weighted by atomic mass is 9.99. The Morgan fingerprint density at radius 2 is 1.77 bits per heavy atom. The van der Waals surface area contributed by atoms with E-state index in [1.54, 1.807) is 0 Å². The molecule has 0 bridgehead atoms. The lowest BCUT2D eigenvalue weighted by Gasteiger charge is -2.11. The van der Waals surface area contributed by atoms with Gasteiger partial charge in [-0.15, -0.1) is 0 Å². The molecule has 1 aliphatic rings. The van der Waals surface area contributed by atoms with E-state index in [1.807, 2.05) is 30.3 Å². The normalized spacial score (nSPS) is 13.7. The molecule has 1 aromatic heterocycles. The van der Waals surface area contributed by atoms with Crippen molar-refractivity contribution < 1.29 is 10.2 Å². The Labute approximate surface area is 125 Å². The van der Waals surface area contributed by atoms with Crippen LogP contribution < -0.4 is 5.69 Å². The first-order chi connectivity index (χ1) is 10.6. The molecule has 0 aliphatic heterocycles. The van der Waals surface area contributed by atoms with Crippen LogP contribution in [-0.4, -0.2) is 20.2 Å². The number of benzene rings is 2. The van der Waals surface area contributed by atoms with Gasteiger partial charge in [-0.05, 0) is 34.2 Å². The van der Waals surface area contributed by atoms with Crippen LogP contribution in [0.1, 0.15) is 28.5 Å². The molecule has 5 nitrogen and oxygen atoms in total. The summed E-state index contributed by atoms with van der Waals surface area (Å²) in [6.07, 6.45) is -0.255. The Morgan fingerprint density at radius 3 is 2.55 bits per heavy atom. The van der Waals surface area contributed by atoms with Crippen molar-refractivity contribution in [3.05, 3.63) is 75.3 Å². The predicted molar refractivity (Wildman–Crippen MR) is 81.8 cm³/mol. The van der Waals surface area contributed by atoms with Gasteiger partial charge in [0.2, 0.25) is 5.88 Å². The third kappa shape index (κ3) is 1.87. The lowest BCUT2D eigenvalue weighted by molar-refractivity contribution is 0.210. The third-order valence-corrected chi connectivity index (χ3v) is 4.14. The van der Waals surface area contributed by atoms with Gasteiger partial charge in [0.05, 0.1) is 0 Å². The largest absolute Gasteiger partial charge is 0.493 e. The van der Waals surface area contributed by atoms with Crippen molar-refractivity contribution in [2.24, 2.45) is 0 Å². The van der Waals surface area contributed by atoms with E-state index in [1.165, 1.54) is 16.7 Å². The van der Waals surface area contributed by atoms with Gasteiger partial charge in [-0.2, -0.15) is 0 Å². The molecular formula is C17H14N2O3. The van der Waals surface area contributed by atoms with Crippen molar-refractivity contribution in [1.82, 2.24) is 9.97 Å². The summed E-state index contributed by atoms with van der Waals surface area (Å²) in [5, 5.41) is 20.0. The van der Waals surface area contributed by atoms with Gasteiger partial charge in [-0.3, -0.25) is 4.98 Å². The molecule has 0 radical (unpaired) electrons. The lowest BCUT2D eigenvalue weighted by Crippen LogP contribution is -2.05. The monoisotopic (exact) mass is 294 g/mol. The minimum absolute atomic E-state index is 0.0838. The van der Waals surface area contributed by atoms with Crippen LogP contribution in [0.3, 0.4) is 0 Å². The van der Waals surface area contributed by atoms with E-state index in [9.17, 15) is 15.0 Å². The number of nitrogens with one attached hydrogen (secondary N) is 2. The molecule has 3 aromatic rings. The second-order valence-electron chi connectivity index (χ2n) is 5.49. The van der Waals surface area contributed by atoms with Crippen LogP contribution in [0.15, 0.2) is 47.3 Å². The summed E-state index contributed by atoms with van der Waals surface area (Å²) in [6, 6.07) is 13.9. The van der Waals surface area contributed by atoms with E-state index < -0.39 is 11.8 Å². The quantitative estimate of drug-likeness (QED) is 0.456. The zero-order valence-corrected chi connectivity index (χ0v) is 11.6. The van der Waals surface area contributed by atoms with Crippen LogP contribution >= 0.6 is 0 Å². The Kier molecular flexibility index (Phi) is 2.71. The molecule has 110 valence electrons. The average Bonchev–Trinajstić information content (AvgIpc) is 3.05. The second-order valence-corrected chi connectivity index (χ2v) is 5.49. The molecule has 0 amide bonds. The molecule has 4 N–H and O–H groups in total. The molecule has 4 rings (SSSR count). The standard InChI is InChI=1S/C17H14N2O3/c20-15(14-16(21)19-17(22)18-14)10-5-6-13-11(8-10)7-9-3-1-2-4-12(9)13/h1-6,8,15,20-21H,7H2,(H2,18,19,22). The van der Waals surface area contributed by atoms with Crippen LogP contribution in [0.25, 0.3) is 11.1 Å². The molecule has 1 aliphatic carbocycles. The minimum Gasteiger partial charge on any atom is -0.493 e. The summed E-state index contributed by atoms with van der Waals surface area (Å²) in [7, 11) is 0. The van der Waals surface area contributed by atoms with Crippen LogP contribution in [0.4, 0.5) is 0 Å². The van der Waals surface area contributed by atoms with E-state index in [-0.39, 0.29) is 11.6 Å². The molecule has 0 spiro atoms. The molecular weight excluding hydrogens is 280 g/mol. The summed E-state index contributed by atoms with van der Waals surface area (Å²) in [5.74, 6) is -0.332. The highest BCUT2D eigenvalue weighted by Crippen LogP contribution is 2.38. The molecule has 1 unspecified atom stereocenters. The maximum atomic E-state index is 11.2. The molecule has 5 heteroatoms. The van der Waals surface area contributed by atoms with Crippen molar-refractivity contribution in [3.8, 4) is 17.0 Å². The number of aromatic amines is 2. The van der Waals surface area contributed by atoms with Crippen LogP contribution in [0.5, 0.6) is 5.88 Å². The zero-order valence-electron chi connectivity index (χ0n) is 11.6. The van der Waals surface area contributed by atoms with Gasteiger partial charge in [-0.1, -0.05) is 42.5 Å². The predicted octanol–water partition coefficient (Wildman–Crippen LogP) is 2.06. The highest BCUT2D eigenvalue weighted by atomic mass is 16.3. The maximum absolute atomic E-state index is 11.2. The van der Waals surface area contributed by atoms with Gasteiger partial charge >= 0.3 is 5.69 Å². The fourth-order valence-corrected chi connectivity index (χ4v) is 3.09. The number of aromatic nitrogens is 2. The second kappa shape index (κ2) is 4.61. The molecule has 1 atom stereocenters. The molecule has 0 fully saturated rings. The molecule has 0 saturated heterocycles. The Hall–Kier alpha value is -2.79. The first-order valence-corrected chi connectivity index (χ1v) is 7.04. The molecule has 1 heterocycles. The number of rotatable bonds is 2. The fraction of sp³-hybridized carbons (Fsp3) is 0.118. The van der Waals surface area contributed by atoms with Gasteiger partial charge in [0.1, 0.15) is 11.8 Å². The fourth-order valence-electron chi connectivity index (χ4n) is 3.09. The van der Waals surface area contributed by atoms with E-state index >= 15 is 0 Å². The van der Waals surface area contributed by atoms with E-state index in [0.717, 1.165) is 12.0 Å². The molecule has 0 saturated carbocycles. The highest BCUT2D eigenvalue weighted by molar-refractivity contribution is 5.77. The number of aliphatic hydroxyl groups is 1. The van der Waals surface area contributed by atoms with Gasteiger partial charge in [0.25, 0.3) is 0 Å². The first-order valence-electron chi connectivity index (χ1n) is 7.04. The third-order valence-electron chi connectivity index (χ3n) is 4.14. The van der Waals surface area contributed by atoms with Crippen molar-refractivity contribution in [1.29, 1.82) is 0 Å². The van der Waals surface area contributed by atoms with E-state index in [4.69, 9.17) is 0 Å². The highest BCUT2D eigenvalue weighted by Gasteiger charge is 2.22. The first kappa shape index (κ1) is 12.9. The topological polar surface area (TPSA) is 89.1 Å². The van der Waals surface area contributed by atoms with Crippen molar-refractivity contribution in [2.45, 2.75) is 12.5 Å². The Morgan fingerprint density at radius 1 is 1.00 bits per heavy atom. The number of aromatic hydroxyl groups is 1. The minimum atomic E-state index is -1.08. The molecule has 2 aromatic carbocycles. The Bertz CT molecular complexity index is 924. The van der Waals surface area contributed by atoms with Crippen LogP contribution in [-0.2, 0) is 6.42 Å². The number of hydrogen-bond donors (Lipinski definition) is 4. The van der Waals surface area contributed by atoms with Gasteiger partial charge in [-0.25, -0.2) is 4.79 Å². The van der Waals surface area contributed by atoms with Crippen molar-refractivity contribution >= 4 is 0 Å². The number of hydrogen-bond acceptors (Lipinski definition) is 3. The Balaban J connectivity index is 1.76. The summed E-state index contributed by atoms with van der Waals surface area (Å²) < 4.78 is 0. The SMILES string of the molecule is O=c1[nH]c(O)c(C(O)c2ccc3c(c2)Cc2ccccc2-3)[nH]1. The molecule has 22 heavy (non-hydrogen) atoms. The van der Waals surface area contributed by atoms with Gasteiger partial charge < -0.3 is 15.2 Å². The zero-order chi connectivity index (χ0) is 15.3. The van der Waals surface area contributed by atoms with Gasteiger partial charge in [0, 0.05) is 0 Å². The number of imidazole rings is 1. The summed E-state index contributed by atoms with van der Waals surface area (Å²) in [5.41, 5.74) is 4.96. The van der Waals surface area contributed by atoms with E-state index in [0.29, 0.717) is 5.56 Å². The summed E-state index contributed by atoms with van der Waals surface area (Å²) >= 11 is 0. The average molecular weight is 294 g/mol. The van der Waals surface area contributed by atoms with Crippen molar-refractivity contribution in [2.75, 3.05) is 0 Å². The smallest absolute Gasteiger partial charge is 0.326 e. The van der Waals surface area contributed by atoms with Crippen LogP contribution in [0, 0.1) is 0 Å². The number of fused-ring (bicyclic) bond motifs is 3. The van der Waals surface area contributed by atoms with E-state index in [2.05, 4.69) is 22.1 Å².